The number of nitrogens with zero attached hydrogens (tertiary/aromatic N) is 2. The van der Waals surface area contributed by atoms with Crippen molar-refractivity contribution in [2.45, 2.75) is 31.2 Å². The van der Waals surface area contributed by atoms with Gasteiger partial charge in [-0.05, 0) is 61.9 Å². The fraction of sp³-hybridized carbons (Fsp3) is 0.227. The van der Waals surface area contributed by atoms with Gasteiger partial charge in [0.05, 0.1) is 28.9 Å². The molecule has 0 saturated heterocycles. The molecule has 2 aromatic carbocycles. The van der Waals surface area contributed by atoms with Gasteiger partial charge in [0.15, 0.2) is 0 Å². The number of anilines is 1. The summed E-state index contributed by atoms with van der Waals surface area (Å²) in [5, 5.41) is 0. The molecule has 1 aliphatic heterocycles. The number of sulfonamides is 1. The molecule has 4 rings (SSSR count). The van der Waals surface area contributed by atoms with Crippen LogP contribution in [-0.2, 0) is 14.8 Å². The highest BCUT2D eigenvalue weighted by molar-refractivity contribution is 7.92. The van der Waals surface area contributed by atoms with Crippen LogP contribution < -0.4 is 9.04 Å². The zero-order valence-electron chi connectivity index (χ0n) is 17.0. The van der Waals surface area contributed by atoms with E-state index in [4.69, 9.17) is 9.47 Å². The molecule has 0 aliphatic carbocycles. The Kier molecular flexibility index (Phi) is 5.45. The molecular formula is C22H21FN2O5S. The van der Waals surface area contributed by atoms with Crippen LogP contribution in [0.25, 0.3) is 5.69 Å². The smallest absolute Gasteiger partial charge is 0.434 e. The van der Waals surface area contributed by atoms with E-state index in [0.29, 0.717) is 12.1 Å². The van der Waals surface area contributed by atoms with Crippen LogP contribution in [0.5, 0.6) is 5.75 Å². The fourth-order valence-corrected chi connectivity index (χ4v) is 5.46. The quantitative estimate of drug-likeness (QED) is 0.417. The van der Waals surface area contributed by atoms with Gasteiger partial charge < -0.3 is 14.0 Å². The maximum absolute atomic E-state index is 14.1. The van der Waals surface area contributed by atoms with Gasteiger partial charge in [0.1, 0.15) is 11.6 Å². The van der Waals surface area contributed by atoms with Crippen molar-refractivity contribution in [1.29, 1.82) is 0 Å². The second-order valence-corrected chi connectivity index (χ2v) is 8.73. The molecule has 0 radical (unpaired) electrons. The molecule has 0 saturated carbocycles. The highest BCUT2D eigenvalue weighted by Crippen LogP contribution is 2.44. The Hall–Kier alpha value is -3.33. The predicted molar refractivity (Wildman–Crippen MR) is 113 cm³/mol. The number of ether oxygens (including phenoxy) is 2. The summed E-state index contributed by atoms with van der Waals surface area (Å²) in [6.45, 7) is 3.69. The normalized spacial score (nSPS) is 15.2. The van der Waals surface area contributed by atoms with E-state index >= 15 is 0 Å². The van der Waals surface area contributed by atoms with Crippen LogP contribution in [0, 0.1) is 5.82 Å². The lowest BCUT2D eigenvalue weighted by molar-refractivity contribution is 0.104. The van der Waals surface area contributed by atoms with E-state index in [1.54, 1.807) is 13.0 Å². The summed E-state index contributed by atoms with van der Waals surface area (Å²) in [6, 6.07) is 12.8. The zero-order valence-corrected chi connectivity index (χ0v) is 17.8. The van der Waals surface area contributed by atoms with Crippen molar-refractivity contribution in [2.24, 2.45) is 0 Å². The fourth-order valence-electron chi connectivity index (χ4n) is 3.76. The maximum Gasteiger partial charge on any atom is 0.513 e. The highest BCUT2D eigenvalue weighted by Gasteiger charge is 2.38. The first-order chi connectivity index (χ1) is 14.9. The van der Waals surface area contributed by atoms with Crippen molar-refractivity contribution >= 4 is 21.9 Å². The molecule has 9 heteroatoms. The SMILES string of the molecule is CCOC(=O)Oc1ccc(S(=O)(=O)N2c3cc(F)ccc3-n3cccc3C2CC)cc1. The third-order valence-electron chi connectivity index (χ3n) is 5.07. The van der Waals surface area contributed by atoms with E-state index in [-0.39, 0.29) is 22.9 Å². The molecule has 0 bridgehead atoms. The van der Waals surface area contributed by atoms with Gasteiger partial charge in [0, 0.05) is 18.0 Å². The van der Waals surface area contributed by atoms with Crippen molar-refractivity contribution in [1.82, 2.24) is 4.57 Å². The second-order valence-electron chi connectivity index (χ2n) is 6.92. The van der Waals surface area contributed by atoms with Crippen molar-refractivity contribution in [3.8, 4) is 11.4 Å². The molecule has 31 heavy (non-hydrogen) atoms. The largest absolute Gasteiger partial charge is 0.513 e. The topological polar surface area (TPSA) is 77.8 Å². The van der Waals surface area contributed by atoms with Crippen LogP contribution in [0.15, 0.2) is 65.7 Å². The van der Waals surface area contributed by atoms with Crippen LogP contribution >= 0.6 is 0 Å². The van der Waals surface area contributed by atoms with Crippen LogP contribution in [0.1, 0.15) is 32.0 Å². The first-order valence-corrected chi connectivity index (χ1v) is 11.3. The van der Waals surface area contributed by atoms with Crippen LogP contribution in [0.3, 0.4) is 0 Å². The van der Waals surface area contributed by atoms with Gasteiger partial charge in [0.2, 0.25) is 0 Å². The number of hydrogen-bond donors (Lipinski definition) is 0. The standard InChI is InChI=1S/C22H21FN2O5S/c1-3-18-19-6-5-13-24(19)20-12-7-15(23)14-21(20)25(18)31(27,28)17-10-8-16(9-11-17)30-22(26)29-4-2/h5-14,18H,3-4H2,1-2H3. The molecule has 1 aliphatic rings. The van der Waals surface area contributed by atoms with Crippen molar-refractivity contribution in [3.63, 3.8) is 0 Å². The number of aromatic nitrogens is 1. The van der Waals surface area contributed by atoms with E-state index < -0.39 is 28.0 Å². The molecule has 0 amide bonds. The molecule has 162 valence electrons. The summed E-state index contributed by atoms with van der Waals surface area (Å²) in [7, 11) is -4.05. The molecule has 2 heterocycles. The van der Waals surface area contributed by atoms with Gasteiger partial charge in [0.25, 0.3) is 10.0 Å². The number of carbonyl (C=O) groups excluding carboxylic acids is 1. The Morgan fingerprint density at radius 2 is 1.81 bits per heavy atom. The summed E-state index contributed by atoms with van der Waals surface area (Å²) in [6.07, 6.45) is 1.45. The Morgan fingerprint density at radius 1 is 1.06 bits per heavy atom. The second kappa shape index (κ2) is 8.07. The van der Waals surface area contributed by atoms with Gasteiger partial charge in [-0.15, -0.1) is 0 Å². The monoisotopic (exact) mass is 444 g/mol. The Labute approximate surface area is 179 Å². The Bertz CT molecular complexity index is 1220. The molecule has 1 unspecified atom stereocenters. The zero-order chi connectivity index (χ0) is 22.2. The Balaban J connectivity index is 1.77. The van der Waals surface area contributed by atoms with Crippen molar-refractivity contribution in [3.05, 3.63) is 72.3 Å². The van der Waals surface area contributed by atoms with E-state index in [9.17, 15) is 17.6 Å². The van der Waals surface area contributed by atoms with Crippen LogP contribution in [-0.4, -0.2) is 25.7 Å². The molecule has 0 N–H and O–H groups in total. The number of hydrogen-bond acceptors (Lipinski definition) is 5. The maximum atomic E-state index is 14.1. The molecule has 1 aromatic heterocycles. The van der Waals surface area contributed by atoms with Crippen molar-refractivity contribution in [2.75, 3.05) is 10.9 Å². The molecular weight excluding hydrogens is 423 g/mol. The van der Waals surface area contributed by atoms with Gasteiger partial charge in [-0.1, -0.05) is 6.92 Å². The first-order valence-electron chi connectivity index (χ1n) is 9.83. The van der Waals surface area contributed by atoms with Crippen LogP contribution in [0.2, 0.25) is 0 Å². The predicted octanol–water partition coefficient (Wildman–Crippen LogP) is 4.81. The van der Waals surface area contributed by atoms with Gasteiger partial charge in [-0.3, -0.25) is 4.31 Å². The third kappa shape index (κ3) is 3.65. The minimum absolute atomic E-state index is 0.00243. The number of benzene rings is 2. The molecule has 0 fully saturated rings. The van der Waals surface area contributed by atoms with E-state index in [2.05, 4.69) is 0 Å². The lowest BCUT2D eigenvalue weighted by atomic mass is 10.1. The lowest BCUT2D eigenvalue weighted by Crippen LogP contribution is -2.39. The van der Waals surface area contributed by atoms with Crippen LogP contribution in [0.4, 0.5) is 14.9 Å². The summed E-state index contributed by atoms with van der Waals surface area (Å²) in [5.41, 5.74) is 1.65. The Morgan fingerprint density at radius 3 is 2.48 bits per heavy atom. The minimum atomic E-state index is -4.05. The number of halogens is 1. The van der Waals surface area contributed by atoms with E-state index in [1.165, 1.54) is 40.7 Å². The molecule has 7 nitrogen and oxygen atoms in total. The summed E-state index contributed by atoms with van der Waals surface area (Å²) < 4.78 is 54.3. The van der Waals surface area contributed by atoms with Gasteiger partial charge in [-0.2, -0.15) is 0 Å². The lowest BCUT2D eigenvalue weighted by Gasteiger charge is -2.38. The number of carbonyl (C=O) groups is 1. The summed E-state index contributed by atoms with van der Waals surface area (Å²) in [4.78, 5) is 11.5. The average Bonchev–Trinajstić information content (AvgIpc) is 3.22. The average molecular weight is 444 g/mol. The van der Waals surface area contributed by atoms with E-state index in [1.807, 2.05) is 29.8 Å². The molecule has 0 spiro atoms. The highest BCUT2D eigenvalue weighted by atomic mass is 32.2. The van der Waals surface area contributed by atoms with Gasteiger partial charge in [-0.25, -0.2) is 17.6 Å². The first kappa shape index (κ1) is 20.9. The summed E-state index contributed by atoms with van der Waals surface area (Å²) in [5.74, 6) is -0.369. The molecule has 3 aromatic rings. The third-order valence-corrected chi connectivity index (χ3v) is 6.91. The van der Waals surface area contributed by atoms with E-state index in [0.717, 1.165) is 5.69 Å². The molecule has 1 atom stereocenters. The van der Waals surface area contributed by atoms with Crippen molar-refractivity contribution < 1.29 is 27.1 Å². The van der Waals surface area contributed by atoms with Gasteiger partial charge >= 0.3 is 6.16 Å². The summed E-state index contributed by atoms with van der Waals surface area (Å²) >= 11 is 0. The minimum Gasteiger partial charge on any atom is -0.434 e. The number of fused-ring (bicyclic) bond motifs is 3. The number of rotatable bonds is 5.